The molecule has 28 heavy (non-hydrogen) atoms. The number of anilines is 1. The minimum atomic E-state index is -0.657. The van der Waals surface area contributed by atoms with E-state index in [9.17, 15) is 9.59 Å². The van der Waals surface area contributed by atoms with Crippen molar-refractivity contribution in [3.63, 3.8) is 0 Å². The number of carbonyl (C=O) groups excluding carboxylic acids is 2. The lowest BCUT2D eigenvalue weighted by atomic mass is 10.0. The van der Waals surface area contributed by atoms with Gasteiger partial charge in [0.25, 0.3) is 0 Å². The van der Waals surface area contributed by atoms with Crippen LogP contribution in [0, 0.1) is 0 Å². The number of hydrogen-bond donors (Lipinski definition) is 3. The molecule has 0 fully saturated rings. The van der Waals surface area contributed by atoms with E-state index < -0.39 is 12.1 Å². The van der Waals surface area contributed by atoms with Gasteiger partial charge in [-0.25, -0.2) is 4.79 Å². The number of carbonyl (C=O) groups is 2. The third-order valence-corrected chi connectivity index (χ3v) is 4.99. The van der Waals surface area contributed by atoms with Crippen molar-refractivity contribution in [1.82, 2.24) is 5.32 Å². The monoisotopic (exact) mass is 371 g/mol. The molecule has 3 aromatic carbocycles. The number of urea groups is 1. The van der Waals surface area contributed by atoms with Crippen LogP contribution in [0.25, 0.3) is 11.1 Å². The van der Waals surface area contributed by atoms with Gasteiger partial charge in [0.2, 0.25) is 5.91 Å². The molecule has 0 saturated carbocycles. The number of benzene rings is 3. The third-order valence-electron chi connectivity index (χ3n) is 4.99. The first-order valence-electron chi connectivity index (χ1n) is 9.22. The Kier molecular flexibility index (Phi) is 4.81. The molecule has 1 atom stereocenters. The van der Waals surface area contributed by atoms with Gasteiger partial charge in [-0.3, -0.25) is 4.79 Å². The molecule has 0 aliphatic heterocycles. The first-order valence-corrected chi connectivity index (χ1v) is 9.22. The third kappa shape index (κ3) is 3.74. The van der Waals surface area contributed by atoms with Gasteiger partial charge in [-0.05, 0) is 46.4 Å². The highest BCUT2D eigenvalue weighted by molar-refractivity contribution is 5.93. The number of amides is 3. The van der Waals surface area contributed by atoms with Gasteiger partial charge in [0, 0.05) is 5.69 Å². The van der Waals surface area contributed by atoms with Crippen LogP contribution < -0.4 is 16.4 Å². The van der Waals surface area contributed by atoms with E-state index in [1.165, 1.54) is 16.7 Å². The summed E-state index contributed by atoms with van der Waals surface area (Å²) in [7, 11) is 0. The molecule has 3 amide bonds. The Morgan fingerprint density at radius 3 is 2.39 bits per heavy atom. The van der Waals surface area contributed by atoms with Crippen molar-refractivity contribution in [3.05, 3.63) is 89.5 Å². The van der Waals surface area contributed by atoms with E-state index in [2.05, 4.69) is 28.8 Å². The van der Waals surface area contributed by atoms with Gasteiger partial charge < -0.3 is 16.4 Å². The fraction of sp³-hybridized carbons (Fsp3) is 0.130. The molecule has 0 heterocycles. The summed E-state index contributed by atoms with van der Waals surface area (Å²) < 4.78 is 0. The topological polar surface area (TPSA) is 84.2 Å². The maximum atomic E-state index is 12.6. The number of fused-ring (bicyclic) bond motifs is 3. The summed E-state index contributed by atoms with van der Waals surface area (Å²) in [5.74, 6) is -0.186. The Bertz CT molecular complexity index is 1030. The van der Waals surface area contributed by atoms with Crippen LogP contribution >= 0.6 is 0 Å². The molecule has 1 aliphatic carbocycles. The fourth-order valence-electron chi connectivity index (χ4n) is 3.71. The van der Waals surface area contributed by atoms with Crippen LogP contribution in [0.15, 0.2) is 72.8 Å². The molecular formula is C23H21N3O2. The van der Waals surface area contributed by atoms with Crippen molar-refractivity contribution >= 4 is 17.6 Å². The lowest BCUT2D eigenvalue weighted by molar-refractivity contribution is -0.116. The minimum Gasteiger partial charge on any atom is -0.352 e. The first-order chi connectivity index (χ1) is 13.6. The van der Waals surface area contributed by atoms with Crippen molar-refractivity contribution in [2.75, 3.05) is 5.32 Å². The minimum absolute atomic E-state index is 0.0978. The predicted molar refractivity (Wildman–Crippen MR) is 110 cm³/mol. The van der Waals surface area contributed by atoms with Gasteiger partial charge in [-0.15, -0.1) is 0 Å². The van der Waals surface area contributed by atoms with Crippen molar-refractivity contribution in [1.29, 1.82) is 0 Å². The van der Waals surface area contributed by atoms with Gasteiger partial charge in [0.05, 0.1) is 12.5 Å². The van der Waals surface area contributed by atoms with Crippen molar-refractivity contribution in [2.24, 2.45) is 5.73 Å². The molecule has 4 rings (SSSR count). The van der Waals surface area contributed by atoms with E-state index in [4.69, 9.17) is 5.73 Å². The Labute approximate surface area is 163 Å². The second-order valence-corrected chi connectivity index (χ2v) is 6.93. The van der Waals surface area contributed by atoms with E-state index in [0.29, 0.717) is 0 Å². The maximum absolute atomic E-state index is 12.6. The number of rotatable bonds is 5. The van der Waals surface area contributed by atoms with Crippen LogP contribution in [0.5, 0.6) is 0 Å². The summed E-state index contributed by atoms with van der Waals surface area (Å²) in [6, 6.07) is 22.5. The molecule has 5 nitrogen and oxygen atoms in total. The molecule has 0 saturated heterocycles. The van der Waals surface area contributed by atoms with Gasteiger partial charge in [-0.2, -0.15) is 0 Å². The zero-order valence-electron chi connectivity index (χ0n) is 15.3. The van der Waals surface area contributed by atoms with Gasteiger partial charge in [0.1, 0.15) is 0 Å². The summed E-state index contributed by atoms with van der Waals surface area (Å²) in [4.78, 5) is 24.0. The summed E-state index contributed by atoms with van der Waals surface area (Å²) in [6.45, 7) is 0. The molecule has 0 spiro atoms. The Hall–Kier alpha value is -3.60. The van der Waals surface area contributed by atoms with Crippen LogP contribution in [0.2, 0.25) is 0 Å². The zero-order chi connectivity index (χ0) is 19.5. The SMILES string of the molecule is NC(=O)N[C@H](CC(=O)Nc1ccc2c(c1)-c1ccccc1C2)c1ccccc1. The molecule has 5 heteroatoms. The highest BCUT2D eigenvalue weighted by Gasteiger charge is 2.20. The number of primary amides is 1. The Morgan fingerprint density at radius 1 is 0.893 bits per heavy atom. The average molecular weight is 371 g/mol. The first kappa shape index (κ1) is 17.8. The van der Waals surface area contributed by atoms with Gasteiger partial charge in [0.15, 0.2) is 0 Å². The standard InChI is InChI=1S/C23H21N3O2/c24-23(28)26-21(15-6-2-1-3-7-15)14-22(27)25-18-11-10-17-12-16-8-4-5-9-19(16)20(17)13-18/h1-11,13,21H,12,14H2,(H,25,27)(H3,24,26,28)/t21-/m1/s1. The predicted octanol–water partition coefficient (Wildman–Crippen LogP) is 4.00. The van der Waals surface area contributed by atoms with Crippen LogP contribution in [-0.2, 0) is 11.2 Å². The highest BCUT2D eigenvalue weighted by Crippen LogP contribution is 2.37. The average Bonchev–Trinajstić information content (AvgIpc) is 3.06. The lowest BCUT2D eigenvalue weighted by Gasteiger charge is -2.18. The summed E-state index contributed by atoms with van der Waals surface area (Å²) >= 11 is 0. The number of nitrogens with one attached hydrogen (secondary N) is 2. The Balaban J connectivity index is 1.50. The van der Waals surface area contributed by atoms with E-state index in [0.717, 1.165) is 23.2 Å². The quantitative estimate of drug-likeness (QED) is 0.495. The van der Waals surface area contributed by atoms with E-state index in [1.54, 1.807) is 0 Å². The van der Waals surface area contributed by atoms with E-state index >= 15 is 0 Å². The fourth-order valence-corrected chi connectivity index (χ4v) is 3.71. The zero-order valence-corrected chi connectivity index (χ0v) is 15.3. The molecule has 3 aromatic rings. The molecule has 0 radical (unpaired) electrons. The van der Waals surface area contributed by atoms with Gasteiger partial charge >= 0.3 is 6.03 Å². The summed E-state index contributed by atoms with van der Waals surface area (Å²) in [5.41, 5.74) is 11.8. The second-order valence-electron chi connectivity index (χ2n) is 6.93. The molecule has 140 valence electrons. The molecule has 0 aromatic heterocycles. The van der Waals surface area contributed by atoms with E-state index in [1.807, 2.05) is 54.6 Å². The highest BCUT2D eigenvalue weighted by atomic mass is 16.2. The van der Waals surface area contributed by atoms with Crippen LogP contribution in [0.4, 0.5) is 10.5 Å². The molecule has 0 unspecified atom stereocenters. The maximum Gasteiger partial charge on any atom is 0.312 e. The molecule has 0 bridgehead atoms. The largest absolute Gasteiger partial charge is 0.352 e. The number of hydrogen-bond acceptors (Lipinski definition) is 2. The van der Waals surface area contributed by atoms with Gasteiger partial charge in [-0.1, -0.05) is 60.7 Å². The summed E-state index contributed by atoms with van der Waals surface area (Å²) in [6.07, 6.45) is 1.01. The lowest BCUT2D eigenvalue weighted by Crippen LogP contribution is -2.35. The molecule has 4 N–H and O–H groups in total. The normalized spacial score (nSPS) is 12.6. The van der Waals surface area contributed by atoms with Crippen LogP contribution in [0.1, 0.15) is 29.2 Å². The number of nitrogens with two attached hydrogens (primary N) is 1. The van der Waals surface area contributed by atoms with Crippen molar-refractivity contribution < 1.29 is 9.59 Å². The molecular weight excluding hydrogens is 350 g/mol. The molecule has 1 aliphatic rings. The smallest absolute Gasteiger partial charge is 0.312 e. The van der Waals surface area contributed by atoms with Crippen molar-refractivity contribution in [3.8, 4) is 11.1 Å². The summed E-state index contributed by atoms with van der Waals surface area (Å²) in [5, 5.41) is 5.59. The Morgan fingerprint density at radius 2 is 1.61 bits per heavy atom. The van der Waals surface area contributed by atoms with Crippen LogP contribution in [-0.4, -0.2) is 11.9 Å². The van der Waals surface area contributed by atoms with Crippen molar-refractivity contribution in [2.45, 2.75) is 18.9 Å². The van der Waals surface area contributed by atoms with Crippen LogP contribution in [0.3, 0.4) is 0 Å². The van der Waals surface area contributed by atoms with E-state index in [-0.39, 0.29) is 12.3 Å². The second kappa shape index (κ2) is 7.56.